The summed E-state index contributed by atoms with van der Waals surface area (Å²) in [5.74, 6) is 0.134. The highest BCUT2D eigenvalue weighted by Crippen LogP contribution is 2.41. The van der Waals surface area contributed by atoms with Crippen molar-refractivity contribution < 1.29 is 5.11 Å². The Morgan fingerprint density at radius 1 is 0.540 bits per heavy atom. The van der Waals surface area contributed by atoms with E-state index in [-0.39, 0.29) is 5.75 Å². The normalized spacial score (nSPS) is 10.1. The first kappa shape index (κ1) is 42.9. The van der Waals surface area contributed by atoms with Crippen LogP contribution in [0.5, 0.6) is 5.75 Å². The van der Waals surface area contributed by atoms with Gasteiger partial charge in [-0.25, -0.2) is 0 Å². The largest absolute Gasteiger partial charge is 0.505 e. The van der Waals surface area contributed by atoms with Gasteiger partial charge in [-0.15, -0.1) is 10.2 Å². The fraction of sp³-hybridized carbons (Fsp3) is 0.318. The SMILES string of the molecule is CC.CC.CCC.CCC.CCNc1ccc2cc(C)c(N=Nc3ccc(N=NC)c4ccccc34)c(O)c2c1.c1ccc2ccccc2c1. The Labute approximate surface area is 301 Å². The number of aryl methyl sites for hydroxylation is 1. The van der Waals surface area contributed by atoms with E-state index in [4.69, 9.17) is 0 Å². The number of fused-ring (bicyclic) bond motifs is 3. The lowest BCUT2D eigenvalue weighted by atomic mass is 10.0. The van der Waals surface area contributed by atoms with E-state index in [2.05, 4.69) is 102 Å². The predicted molar refractivity (Wildman–Crippen MR) is 222 cm³/mol. The quantitative estimate of drug-likeness (QED) is 0.179. The molecule has 0 saturated carbocycles. The molecule has 0 aromatic heterocycles. The Balaban J connectivity index is 0.000000513. The smallest absolute Gasteiger partial charge is 0.151 e. The summed E-state index contributed by atoms with van der Waals surface area (Å²) in [4.78, 5) is 0. The summed E-state index contributed by atoms with van der Waals surface area (Å²) in [6.07, 6.45) is 2.50. The van der Waals surface area contributed by atoms with Crippen molar-refractivity contribution >= 4 is 55.1 Å². The molecule has 0 radical (unpaired) electrons. The molecule has 6 aromatic rings. The summed E-state index contributed by atoms with van der Waals surface area (Å²) in [5, 5.41) is 37.4. The molecule has 0 bridgehead atoms. The van der Waals surface area contributed by atoms with Gasteiger partial charge in [0.15, 0.2) is 5.75 Å². The highest BCUT2D eigenvalue weighted by molar-refractivity contribution is 6.00. The monoisotopic (exact) mass is 673 g/mol. The minimum Gasteiger partial charge on any atom is -0.505 e. The number of aromatic hydroxyl groups is 1. The summed E-state index contributed by atoms with van der Waals surface area (Å²) in [5.41, 5.74) is 3.78. The van der Waals surface area contributed by atoms with Gasteiger partial charge in [-0.3, -0.25) is 0 Å². The third kappa shape index (κ3) is 12.7. The van der Waals surface area contributed by atoms with Crippen LogP contribution in [0.4, 0.5) is 22.7 Å². The predicted octanol–water partition coefficient (Wildman–Crippen LogP) is 15.3. The molecule has 50 heavy (non-hydrogen) atoms. The Morgan fingerprint density at radius 2 is 1.00 bits per heavy atom. The van der Waals surface area contributed by atoms with E-state index in [0.717, 1.165) is 45.0 Å². The lowest BCUT2D eigenvalue weighted by Gasteiger charge is -2.10. The topological polar surface area (TPSA) is 81.7 Å². The van der Waals surface area contributed by atoms with E-state index >= 15 is 0 Å². The molecular weight excluding hydrogens is 615 g/mol. The number of hydrogen-bond acceptors (Lipinski definition) is 6. The standard InChI is InChI=1S/C24H23N5O.C10H8.2C3H8.2C2H6/c1-4-26-17-10-9-16-13-15(2)23(24(30)20(16)14-17)29-28-22-12-11-21(27-25-3)18-7-5-6-8-19(18)22;1-2-6-10-8-4-3-7-9(10)5-1;2*1-3-2;2*1-2/h5-14,26,30H,4H2,1-3H3;1-8H;2*3H2,1-2H3;2*1-2H3. The second-order valence-corrected chi connectivity index (χ2v) is 10.8. The van der Waals surface area contributed by atoms with Crippen LogP contribution in [0, 0.1) is 6.92 Å². The van der Waals surface area contributed by atoms with Gasteiger partial charge in [-0.05, 0) is 65.9 Å². The number of phenols is 1. The molecule has 0 atom stereocenters. The summed E-state index contributed by atoms with van der Waals surface area (Å²) in [6.45, 7) is 21.3. The van der Waals surface area contributed by atoms with Gasteiger partial charge in [0.05, 0.1) is 11.4 Å². The number of rotatable bonds is 5. The molecule has 0 spiro atoms. The second kappa shape index (κ2) is 25.0. The fourth-order valence-electron chi connectivity index (χ4n) is 4.73. The molecule has 0 fully saturated rings. The minimum absolute atomic E-state index is 0.134. The van der Waals surface area contributed by atoms with Crippen molar-refractivity contribution in [2.24, 2.45) is 20.5 Å². The van der Waals surface area contributed by atoms with E-state index < -0.39 is 0 Å². The zero-order valence-corrected chi connectivity index (χ0v) is 32.2. The zero-order chi connectivity index (χ0) is 37.3. The van der Waals surface area contributed by atoms with E-state index in [1.54, 1.807) is 7.05 Å². The molecular formula is C44H59N5O. The van der Waals surface area contributed by atoms with Crippen LogP contribution in [0.25, 0.3) is 32.3 Å². The summed E-state index contributed by atoms with van der Waals surface area (Å²) >= 11 is 0. The number of hydrogen-bond donors (Lipinski definition) is 2. The highest BCUT2D eigenvalue weighted by atomic mass is 16.3. The van der Waals surface area contributed by atoms with Gasteiger partial charge in [-0.2, -0.15) is 10.2 Å². The first-order chi connectivity index (χ1) is 24.4. The van der Waals surface area contributed by atoms with E-state index in [9.17, 15) is 5.11 Å². The van der Waals surface area contributed by atoms with Gasteiger partial charge in [0, 0.05) is 35.4 Å². The molecule has 0 amide bonds. The van der Waals surface area contributed by atoms with Crippen LogP contribution in [0.2, 0.25) is 0 Å². The number of benzene rings is 6. The minimum atomic E-state index is 0.134. The van der Waals surface area contributed by atoms with Crippen molar-refractivity contribution in [3.63, 3.8) is 0 Å². The number of anilines is 1. The van der Waals surface area contributed by atoms with E-state index in [1.807, 2.05) is 102 Å². The maximum atomic E-state index is 10.9. The Morgan fingerprint density at radius 3 is 1.46 bits per heavy atom. The molecule has 6 aromatic carbocycles. The van der Waals surface area contributed by atoms with Crippen LogP contribution in [0.1, 0.15) is 80.7 Å². The van der Waals surface area contributed by atoms with E-state index in [1.165, 1.54) is 23.6 Å². The first-order valence-corrected chi connectivity index (χ1v) is 18.1. The number of phenolic OH excluding ortho intramolecular Hbond substituents is 1. The van der Waals surface area contributed by atoms with Crippen molar-refractivity contribution in [1.29, 1.82) is 0 Å². The number of azo groups is 2. The van der Waals surface area contributed by atoms with Crippen LogP contribution < -0.4 is 5.32 Å². The molecule has 266 valence electrons. The third-order valence-electron chi connectivity index (χ3n) is 6.66. The Bertz CT molecular complexity index is 1830. The molecule has 6 rings (SSSR count). The van der Waals surface area contributed by atoms with Crippen LogP contribution in [0.3, 0.4) is 0 Å². The summed E-state index contributed by atoms with van der Waals surface area (Å²) < 4.78 is 0. The van der Waals surface area contributed by atoms with Gasteiger partial charge in [0.1, 0.15) is 5.69 Å². The van der Waals surface area contributed by atoms with E-state index in [0.29, 0.717) is 11.4 Å². The lowest BCUT2D eigenvalue weighted by molar-refractivity contribution is 0.482. The number of nitrogens with zero attached hydrogens (tertiary/aromatic N) is 4. The van der Waals surface area contributed by atoms with Gasteiger partial charge in [-0.1, -0.05) is 147 Å². The average Bonchev–Trinajstić information content (AvgIpc) is 3.15. The van der Waals surface area contributed by atoms with Crippen LogP contribution in [-0.2, 0) is 0 Å². The van der Waals surface area contributed by atoms with Crippen LogP contribution in [0.15, 0.2) is 130 Å². The summed E-state index contributed by atoms with van der Waals surface area (Å²) in [6, 6.07) is 36.3. The van der Waals surface area contributed by atoms with Crippen molar-refractivity contribution in [3.8, 4) is 5.75 Å². The van der Waals surface area contributed by atoms with Crippen molar-refractivity contribution in [2.45, 2.75) is 82.1 Å². The van der Waals surface area contributed by atoms with Crippen LogP contribution in [-0.4, -0.2) is 18.7 Å². The molecule has 6 nitrogen and oxygen atoms in total. The highest BCUT2D eigenvalue weighted by Gasteiger charge is 2.12. The molecule has 0 aliphatic heterocycles. The first-order valence-electron chi connectivity index (χ1n) is 18.1. The maximum absolute atomic E-state index is 10.9. The Kier molecular flexibility index (Phi) is 21.4. The van der Waals surface area contributed by atoms with Crippen LogP contribution >= 0.6 is 0 Å². The lowest BCUT2D eigenvalue weighted by Crippen LogP contribution is -1.95. The van der Waals surface area contributed by atoms with Crippen molar-refractivity contribution in [1.82, 2.24) is 0 Å². The molecule has 6 heteroatoms. The fourth-order valence-corrected chi connectivity index (χ4v) is 4.73. The van der Waals surface area contributed by atoms with Gasteiger partial charge in [0.25, 0.3) is 0 Å². The van der Waals surface area contributed by atoms with Gasteiger partial charge >= 0.3 is 0 Å². The molecule has 2 N–H and O–H groups in total. The Hall–Kier alpha value is -5.10. The molecule has 0 saturated heterocycles. The molecule has 0 unspecified atom stereocenters. The maximum Gasteiger partial charge on any atom is 0.151 e. The molecule has 0 aliphatic rings. The number of nitrogens with one attached hydrogen (secondary N) is 1. The third-order valence-corrected chi connectivity index (χ3v) is 6.66. The average molecular weight is 674 g/mol. The summed E-state index contributed by atoms with van der Waals surface area (Å²) in [7, 11) is 1.65. The zero-order valence-electron chi connectivity index (χ0n) is 32.2. The van der Waals surface area contributed by atoms with Crippen molar-refractivity contribution in [2.75, 3.05) is 18.9 Å². The van der Waals surface area contributed by atoms with Gasteiger partial charge < -0.3 is 10.4 Å². The second-order valence-electron chi connectivity index (χ2n) is 10.8. The molecule has 0 aliphatic carbocycles. The molecule has 0 heterocycles. The van der Waals surface area contributed by atoms with Gasteiger partial charge in [0.2, 0.25) is 0 Å². The van der Waals surface area contributed by atoms with Crippen molar-refractivity contribution in [3.05, 3.63) is 115 Å².